The average Bonchev–Trinajstić information content (AvgIpc) is 3.46. The van der Waals surface area contributed by atoms with Gasteiger partial charge in [0.2, 0.25) is 0 Å². The van der Waals surface area contributed by atoms with Crippen molar-refractivity contribution in [3.8, 4) is 0 Å². The van der Waals surface area contributed by atoms with Gasteiger partial charge < -0.3 is 14.2 Å². The third-order valence-electron chi connectivity index (χ3n) is 13.3. The first kappa shape index (κ1) is 75.0. The van der Waals surface area contributed by atoms with Crippen molar-refractivity contribution < 1.29 is 28.6 Å². The van der Waals surface area contributed by atoms with Gasteiger partial charge in [0, 0.05) is 12.8 Å². The lowest BCUT2D eigenvalue weighted by molar-refractivity contribution is -0.166. The Bertz CT molecular complexity index is 1790. The highest BCUT2D eigenvalue weighted by atomic mass is 16.6. The number of carbonyl (C=O) groups is 3. The number of hydrogen-bond donors (Lipinski definition) is 0. The topological polar surface area (TPSA) is 78.9 Å². The van der Waals surface area contributed by atoms with Crippen LogP contribution in [0.1, 0.15) is 271 Å². The lowest BCUT2D eigenvalue weighted by atomic mass is 10.0. The molecule has 0 aromatic carbocycles. The zero-order chi connectivity index (χ0) is 57.8. The Kier molecular flexibility index (Phi) is 62.4. The number of allylic oxidation sites excluding steroid dienone is 25. The second kappa shape index (κ2) is 66.5. The predicted octanol–water partition coefficient (Wildman–Crippen LogP) is 22.5. The molecule has 1 atom stereocenters. The van der Waals surface area contributed by atoms with Crippen molar-refractivity contribution in [1.82, 2.24) is 0 Å². The molecule has 0 aliphatic carbocycles. The highest BCUT2D eigenvalue weighted by molar-refractivity contribution is 5.72. The lowest BCUT2D eigenvalue weighted by Gasteiger charge is -2.18. The van der Waals surface area contributed by atoms with Crippen LogP contribution >= 0.6 is 0 Å². The molecule has 6 nitrogen and oxygen atoms in total. The summed E-state index contributed by atoms with van der Waals surface area (Å²) in [6.07, 6.45) is 97.2. The van der Waals surface area contributed by atoms with E-state index in [2.05, 4.69) is 167 Å². The van der Waals surface area contributed by atoms with E-state index in [9.17, 15) is 14.4 Å². The van der Waals surface area contributed by atoms with Crippen molar-refractivity contribution in [3.05, 3.63) is 158 Å². The van der Waals surface area contributed by atoms with E-state index in [0.29, 0.717) is 19.3 Å². The Morgan fingerprint density at radius 2 is 0.525 bits per heavy atom. The second-order valence-electron chi connectivity index (χ2n) is 20.9. The maximum absolute atomic E-state index is 12.8. The molecule has 0 aliphatic rings. The quantitative estimate of drug-likeness (QED) is 0.0261. The maximum atomic E-state index is 12.8. The van der Waals surface area contributed by atoms with E-state index in [1.54, 1.807) is 6.08 Å². The van der Waals surface area contributed by atoms with E-state index in [1.165, 1.54) is 96.3 Å². The Balaban J connectivity index is 4.29. The molecule has 80 heavy (non-hydrogen) atoms. The van der Waals surface area contributed by atoms with Gasteiger partial charge in [0.05, 0.1) is 6.42 Å². The van der Waals surface area contributed by atoms with E-state index < -0.39 is 12.1 Å². The Morgan fingerprint density at radius 1 is 0.275 bits per heavy atom. The van der Waals surface area contributed by atoms with Crippen LogP contribution in [-0.2, 0) is 28.6 Å². The number of esters is 3. The molecule has 0 amide bonds. The number of rotatable bonds is 57. The minimum absolute atomic E-state index is 0.0884. The molecule has 0 saturated heterocycles. The molecule has 0 heterocycles. The summed E-state index contributed by atoms with van der Waals surface area (Å²) in [7, 11) is 0. The SMILES string of the molecule is CC/C=C\C/C=C\C/C=C\C/C=C\C/C=C\C/C=C\CCCCCCCCCCCCCCCCC(=O)OCC(COC(=O)CCCCCCC/C=C\C/C=C\CCCC)OC(=O)C/C=C\C/C=C\C/C=C\C/C=C\C/C=C\CC. The normalized spacial score (nSPS) is 13.2. The first-order valence-electron chi connectivity index (χ1n) is 32.5. The fourth-order valence-electron chi connectivity index (χ4n) is 8.48. The number of carbonyl (C=O) groups excluding carboxylic acids is 3. The summed E-state index contributed by atoms with van der Waals surface area (Å²) >= 11 is 0. The van der Waals surface area contributed by atoms with Crippen LogP contribution in [0.25, 0.3) is 0 Å². The van der Waals surface area contributed by atoms with Crippen LogP contribution in [0.3, 0.4) is 0 Å². The first-order chi connectivity index (χ1) is 39.5. The van der Waals surface area contributed by atoms with Crippen molar-refractivity contribution in [2.24, 2.45) is 0 Å². The van der Waals surface area contributed by atoms with Gasteiger partial charge in [-0.25, -0.2) is 0 Å². The van der Waals surface area contributed by atoms with Crippen LogP contribution in [-0.4, -0.2) is 37.2 Å². The van der Waals surface area contributed by atoms with Crippen LogP contribution in [0.15, 0.2) is 158 Å². The monoisotopic (exact) mass is 1100 g/mol. The maximum Gasteiger partial charge on any atom is 0.310 e. The number of ether oxygens (including phenoxy) is 3. The zero-order valence-electron chi connectivity index (χ0n) is 51.5. The van der Waals surface area contributed by atoms with Gasteiger partial charge in [-0.3, -0.25) is 14.4 Å². The van der Waals surface area contributed by atoms with E-state index in [4.69, 9.17) is 14.2 Å². The van der Waals surface area contributed by atoms with Crippen LogP contribution < -0.4 is 0 Å². The highest BCUT2D eigenvalue weighted by Crippen LogP contribution is 2.15. The third kappa shape index (κ3) is 63.9. The predicted molar refractivity (Wildman–Crippen MR) is 348 cm³/mol. The molecule has 0 fully saturated rings. The molecule has 0 aliphatic heterocycles. The molecule has 0 aromatic heterocycles. The van der Waals surface area contributed by atoms with E-state index in [0.717, 1.165) is 128 Å². The molecule has 0 rings (SSSR count). The van der Waals surface area contributed by atoms with E-state index in [-0.39, 0.29) is 31.6 Å². The third-order valence-corrected chi connectivity index (χ3v) is 13.3. The summed E-state index contributed by atoms with van der Waals surface area (Å²) in [5.74, 6) is -1.07. The molecule has 0 saturated carbocycles. The summed E-state index contributed by atoms with van der Waals surface area (Å²) in [6.45, 7) is 6.27. The molecule has 450 valence electrons. The first-order valence-corrected chi connectivity index (χ1v) is 32.5. The summed E-state index contributed by atoms with van der Waals surface area (Å²) in [4.78, 5) is 38.2. The molecule has 1 unspecified atom stereocenters. The zero-order valence-corrected chi connectivity index (χ0v) is 51.5. The standard InChI is InChI=1S/C74H118O6/c1-4-7-10-13-16-19-22-25-28-29-30-31-32-33-34-35-36-37-38-39-40-41-42-43-44-45-47-49-52-55-58-61-64-67-73(76)79-70-71(69-78-72(75)66-63-60-57-54-51-48-27-24-21-18-15-12-9-6-3)80-74(77)68-65-62-59-56-53-50-46-26-23-20-17-14-11-8-5-2/h7-8,10-11,15-20,24-28,30-31,33-34,36-37,46,53,56,62,65,71H,4-6,9,12-14,21-23,29,32,35,38-45,47-52,54-55,57-61,63-64,66-70H2,1-3H3/b10-7-,11-8-,18-15-,19-16-,20-17-,27-24-,28-25-,31-30-,34-33-,37-36-,46-26-,56-53-,65-62-. The summed E-state index contributed by atoms with van der Waals surface area (Å²) in [5.41, 5.74) is 0. The van der Waals surface area contributed by atoms with Gasteiger partial charge in [0.15, 0.2) is 6.10 Å². The second-order valence-corrected chi connectivity index (χ2v) is 20.9. The minimum atomic E-state index is -0.845. The Morgan fingerprint density at radius 3 is 0.825 bits per heavy atom. The number of unbranched alkanes of at least 4 members (excludes halogenated alkanes) is 21. The van der Waals surface area contributed by atoms with Gasteiger partial charge in [-0.2, -0.15) is 0 Å². The molecule has 0 radical (unpaired) electrons. The number of hydrogen-bond acceptors (Lipinski definition) is 6. The van der Waals surface area contributed by atoms with Gasteiger partial charge in [-0.15, -0.1) is 0 Å². The summed E-state index contributed by atoms with van der Waals surface area (Å²) in [6, 6.07) is 0. The minimum Gasteiger partial charge on any atom is -0.462 e. The van der Waals surface area contributed by atoms with Crippen molar-refractivity contribution >= 4 is 17.9 Å². The smallest absolute Gasteiger partial charge is 0.310 e. The lowest BCUT2D eigenvalue weighted by Crippen LogP contribution is -2.30. The van der Waals surface area contributed by atoms with E-state index in [1.807, 2.05) is 6.08 Å². The van der Waals surface area contributed by atoms with Gasteiger partial charge in [-0.1, -0.05) is 288 Å². The summed E-state index contributed by atoms with van der Waals surface area (Å²) < 4.78 is 16.8. The van der Waals surface area contributed by atoms with Crippen LogP contribution in [0, 0.1) is 0 Å². The molecule has 0 N–H and O–H groups in total. The van der Waals surface area contributed by atoms with Gasteiger partial charge >= 0.3 is 17.9 Å². The van der Waals surface area contributed by atoms with Crippen molar-refractivity contribution in [3.63, 3.8) is 0 Å². The molecule has 0 bridgehead atoms. The average molecular weight is 1100 g/mol. The largest absolute Gasteiger partial charge is 0.462 e. The highest BCUT2D eigenvalue weighted by Gasteiger charge is 2.19. The fraction of sp³-hybridized carbons (Fsp3) is 0.608. The van der Waals surface area contributed by atoms with Gasteiger partial charge in [-0.05, 0) is 122 Å². The van der Waals surface area contributed by atoms with Gasteiger partial charge in [0.25, 0.3) is 0 Å². The van der Waals surface area contributed by atoms with Crippen LogP contribution in [0.4, 0.5) is 0 Å². The van der Waals surface area contributed by atoms with Crippen LogP contribution in [0.5, 0.6) is 0 Å². The Hall–Kier alpha value is -4.97. The summed E-state index contributed by atoms with van der Waals surface area (Å²) in [5, 5.41) is 0. The van der Waals surface area contributed by atoms with Crippen LogP contribution in [0.2, 0.25) is 0 Å². The molecule has 6 heteroatoms. The Labute approximate surface area is 492 Å². The van der Waals surface area contributed by atoms with E-state index >= 15 is 0 Å². The molecular weight excluding hydrogens is 985 g/mol. The molecular formula is C74H118O6. The fourth-order valence-corrected chi connectivity index (χ4v) is 8.48. The van der Waals surface area contributed by atoms with Crippen molar-refractivity contribution in [1.29, 1.82) is 0 Å². The van der Waals surface area contributed by atoms with Crippen molar-refractivity contribution in [2.75, 3.05) is 13.2 Å². The van der Waals surface area contributed by atoms with Gasteiger partial charge in [0.1, 0.15) is 13.2 Å². The van der Waals surface area contributed by atoms with Crippen molar-refractivity contribution in [2.45, 2.75) is 277 Å². The molecule has 0 aromatic rings. The molecule has 0 spiro atoms.